The van der Waals surface area contributed by atoms with Crippen LogP contribution in [0.15, 0.2) is 35.3 Å². The molecule has 0 spiro atoms. The van der Waals surface area contributed by atoms with E-state index in [1.54, 1.807) is 18.2 Å². The molecule has 0 fully saturated rings. The van der Waals surface area contributed by atoms with Gasteiger partial charge in [-0.3, -0.25) is 4.99 Å². The SMILES string of the molecule is CCN=C(N)N.Cl.Fc1ccccc1. The van der Waals surface area contributed by atoms with Gasteiger partial charge in [-0.2, -0.15) is 0 Å². The van der Waals surface area contributed by atoms with Gasteiger partial charge in [0.15, 0.2) is 5.96 Å². The molecular weight excluding hydrogens is 205 g/mol. The van der Waals surface area contributed by atoms with E-state index < -0.39 is 0 Å². The maximum Gasteiger partial charge on any atom is 0.185 e. The summed E-state index contributed by atoms with van der Waals surface area (Å²) < 4.78 is 11.9. The van der Waals surface area contributed by atoms with Crippen LogP contribution in [0.3, 0.4) is 0 Å². The molecule has 4 N–H and O–H groups in total. The van der Waals surface area contributed by atoms with E-state index >= 15 is 0 Å². The van der Waals surface area contributed by atoms with Crippen molar-refractivity contribution in [2.24, 2.45) is 16.5 Å². The van der Waals surface area contributed by atoms with Crippen LogP contribution in [0.4, 0.5) is 4.39 Å². The highest BCUT2D eigenvalue weighted by atomic mass is 35.5. The number of aliphatic imine (C=N–C) groups is 1. The molecule has 0 amide bonds. The molecule has 0 heterocycles. The summed E-state index contributed by atoms with van der Waals surface area (Å²) in [7, 11) is 0. The number of halogens is 2. The molecule has 5 heteroatoms. The van der Waals surface area contributed by atoms with Gasteiger partial charge < -0.3 is 11.5 Å². The highest BCUT2D eigenvalue weighted by Gasteiger charge is 1.77. The zero-order chi connectivity index (χ0) is 10.1. The fourth-order valence-corrected chi connectivity index (χ4v) is 0.597. The number of nitrogens with two attached hydrogens (primary N) is 2. The molecule has 0 saturated carbocycles. The molecule has 0 unspecified atom stereocenters. The third-order valence-electron chi connectivity index (χ3n) is 1.07. The van der Waals surface area contributed by atoms with Gasteiger partial charge in [0.2, 0.25) is 0 Å². The second kappa shape index (κ2) is 9.80. The van der Waals surface area contributed by atoms with Gasteiger partial charge in [-0.1, -0.05) is 18.2 Å². The maximum absolute atomic E-state index is 11.9. The summed E-state index contributed by atoms with van der Waals surface area (Å²) in [5.74, 6) is -0.0139. The molecule has 0 atom stereocenters. The number of hydrogen-bond acceptors (Lipinski definition) is 1. The average molecular weight is 220 g/mol. The minimum atomic E-state index is -0.178. The Labute approximate surface area is 89.4 Å². The third-order valence-corrected chi connectivity index (χ3v) is 1.07. The molecular formula is C9H15ClFN3. The summed E-state index contributed by atoms with van der Waals surface area (Å²) in [6.45, 7) is 2.54. The normalized spacial score (nSPS) is 7.57. The molecule has 1 aromatic rings. The largest absolute Gasteiger partial charge is 0.370 e. The van der Waals surface area contributed by atoms with Gasteiger partial charge in [0.05, 0.1) is 0 Å². The maximum atomic E-state index is 11.9. The smallest absolute Gasteiger partial charge is 0.185 e. The fourth-order valence-electron chi connectivity index (χ4n) is 0.597. The molecule has 0 aromatic heterocycles. The Bertz CT molecular complexity index is 247. The van der Waals surface area contributed by atoms with Gasteiger partial charge in [-0.05, 0) is 19.1 Å². The summed E-state index contributed by atoms with van der Waals surface area (Å²) >= 11 is 0. The Hall–Kier alpha value is -1.29. The Morgan fingerprint density at radius 1 is 1.29 bits per heavy atom. The van der Waals surface area contributed by atoms with E-state index in [4.69, 9.17) is 11.5 Å². The summed E-state index contributed by atoms with van der Waals surface area (Å²) in [4.78, 5) is 3.60. The van der Waals surface area contributed by atoms with Crippen LogP contribution in [0.1, 0.15) is 6.92 Å². The first kappa shape index (κ1) is 15.2. The molecule has 1 rings (SSSR count). The quantitative estimate of drug-likeness (QED) is 0.556. The number of nitrogens with zero attached hydrogens (tertiary/aromatic N) is 1. The predicted octanol–water partition coefficient (Wildman–Crippen LogP) is 1.53. The zero-order valence-electron chi connectivity index (χ0n) is 7.98. The number of rotatable bonds is 1. The summed E-state index contributed by atoms with van der Waals surface area (Å²) in [5.41, 5.74) is 9.86. The molecule has 0 aliphatic carbocycles. The van der Waals surface area contributed by atoms with Crippen LogP contribution in [-0.2, 0) is 0 Å². The summed E-state index contributed by atoms with van der Waals surface area (Å²) in [5, 5.41) is 0. The third kappa shape index (κ3) is 10.7. The van der Waals surface area contributed by atoms with Gasteiger partial charge >= 0.3 is 0 Å². The Balaban J connectivity index is 0. The first-order valence-electron chi connectivity index (χ1n) is 3.92. The number of benzene rings is 1. The van der Waals surface area contributed by atoms with Gasteiger partial charge in [0.1, 0.15) is 5.82 Å². The van der Waals surface area contributed by atoms with E-state index in [0.717, 1.165) is 0 Å². The molecule has 80 valence electrons. The van der Waals surface area contributed by atoms with Crippen molar-refractivity contribution in [1.29, 1.82) is 0 Å². The molecule has 3 nitrogen and oxygen atoms in total. The lowest BCUT2D eigenvalue weighted by Crippen LogP contribution is -2.22. The topological polar surface area (TPSA) is 64.4 Å². The summed E-state index contributed by atoms with van der Waals surface area (Å²) in [6.07, 6.45) is 0. The molecule has 0 radical (unpaired) electrons. The second-order valence-electron chi connectivity index (χ2n) is 2.19. The highest BCUT2D eigenvalue weighted by Crippen LogP contribution is 1.91. The highest BCUT2D eigenvalue weighted by molar-refractivity contribution is 5.85. The average Bonchev–Trinajstić information content (AvgIpc) is 2.06. The van der Waals surface area contributed by atoms with Gasteiger partial charge in [-0.25, -0.2) is 4.39 Å². The van der Waals surface area contributed by atoms with E-state index in [1.807, 2.05) is 6.92 Å². The number of guanidine groups is 1. The minimum absolute atomic E-state index is 0. The molecule has 14 heavy (non-hydrogen) atoms. The Morgan fingerprint density at radius 2 is 1.79 bits per heavy atom. The van der Waals surface area contributed by atoms with Crippen LogP contribution in [-0.4, -0.2) is 12.5 Å². The molecule has 0 saturated heterocycles. The van der Waals surface area contributed by atoms with Crippen LogP contribution >= 0.6 is 12.4 Å². The number of hydrogen-bond donors (Lipinski definition) is 2. The van der Waals surface area contributed by atoms with Crippen molar-refractivity contribution in [3.63, 3.8) is 0 Å². The van der Waals surface area contributed by atoms with Crippen LogP contribution in [0.2, 0.25) is 0 Å². The van der Waals surface area contributed by atoms with Crippen molar-refractivity contribution in [2.45, 2.75) is 6.92 Å². The monoisotopic (exact) mass is 219 g/mol. The van der Waals surface area contributed by atoms with Crippen molar-refractivity contribution in [3.05, 3.63) is 36.1 Å². The van der Waals surface area contributed by atoms with E-state index in [0.29, 0.717) is 6.54 Å². The zero-order valence-corrected chi connectivity index (χ0v) is 8.80. The molecule has 0 aliphatic heterocycles. The lowest BCUT2D eigenvalue weighted by Gasteiger charge is -1.82. The standard InChI is InChI=1S/C6H5F.C3H9N3.ClH/c7-6-4-2-1-3-5-6;1-2-6-3(4)5;/h1-5H;2H2,1H3,(H4,4,5,6);1H. The minimum Gasteiger partial charge on any atom is -0.370 e. The molecule has 0 bridgehead atoms. The van der Waals surface area contributed by atoms with Crippen molar-refractivity contribution in [3.8, 4) is 0 Å². The molecule has 0 aliphatic rings. The lowest BCUT2D eigenvalue weighted by atomic mass is 10.4. The van der Waals surface area contributed by atoms with Crippen LogP contribution in [0.5, 0.6) is 0 Å². The first-order valence-corrected chi connectivity index (χ1v) is 3.92. The Kier molecular flexibility index (Phi) is 10.6. The predicted molar refractivity (Wildman–Crippen MR) is 60.0 cm³/mol. The summed E-state index contributed by atoms with van der Waals surface area (Å²) in [6, 6.07) is 7.94. The van der Waals surface area contributed by atoms with Gasteiger partial charge in [0.25, 0.3) is 0 Å². The first-order chi connectivity index (χ1) is 6.16. The van der Waals surface area contributed by atoms with E-state index in [1.165, 1.54) is 12.1 Å². The van der Waals surface area contributed by atoms with Crippen molar-refractivity contribution in [2.75, 3.05) is 6.54 Å². The Morgan fingerprint density at radius 3 is 1.93 bits per heavy atom. The van der Waals surface area contributed by atoms with Crippen LogP contribution in [0.25, 0.3) is 0 Å². The lowest BCUT2D eigenvalue weighted by molar-refractivity contribution is 0.628. The van der Waals surface area contributed by atoms with Crippen molar-refractivity contribution >= 4 is 18.4 Å². The van der Waals surface area contributed by atoms with E-state index in [2.05, 4.69) is 4.99 Å². The fraction of sp³-hybridized carbons (Fsp3) is 0.222. The van der Waals surface area contributed by atoms with Crippen LogP contribution < -0.4 is 11.5 Å². The van der Waals surface area contributed by atoms with Crippen molar-refractivity contribution in [1.82, 2.24) is 0 Å². The van der Waals surface area contributed by atoms with E-state index in [-0.39, 0.29) is 24.2 Å². The van der Waals surface area contributed by atoms with Gasteiger partial charge in [-0.15, -0.1) is 12.4 Å². The van der Waals surface area contributed by atoms with Crippen molar-refractivity contribution < 1.29 is 4.39 Å². The second-order valence-corrected chi connectivity index (χ2v) is 2.19. The van der Waals surface area contributed by atoms with E-state index in [9.17, 15) is 4.39 Å². The van der Waals surface area contributed by atoms with Gasteiger partial charge in [0, 0.05) is 6.54 Å². The van der Waals surface area contributed by atoms with Crippen LogP contribution in [0, 0.1) is 5.82 Å². The molecule has 1 aromatic carbocycles.